The lowest BCUT2D eigenvalue weighted by Crippen LogP contribution is -2.31. The lowest BCUT2D eigenvalue weighted by molar-refractivity contribution is 0.100. The maximum absolute atomic E-state index is 12.8. The number of sulfonamides is 1. The highest BCUT2D eigenvalue weighted by Crippen LogP contribution is 2.37. The van der Waals surface area contributed by atoms with Crippen molar-refractivity contribution < 1.29 is 22.6 Å². The minimum atomic E-state index is -3.48. The van der Waals surface area contributed by atoms with Crippen molar-refractivity contribution in [3.05, 3.63) is 24.3 Å². The van der Waals surface area contributed by atoms with Crippen LogP contribution in [-0.4, -0.2) is 59.3 Å². The summed E-state index contributed by atoms with van der Waals surface area (Å²) < 4.78 is 43.1. The second kappa shape index (κ2) is 6.76. The van der Waals surface area contributed by atoms with E-state index in [-0.39, 0.29) is 12.0 Å². The monoisotopic (exact) mass is 341 g/mol. The van der Waals surface area contributed by atoms with E-state index in [0.29, 0.717) is 42.9 Å². The summed E-state index contributed by atoms with van der Waals surface area (Å²) >= 11 is 0. The Balaban J connectivity index is 1.72. The number of hydrogen-bond donors (Lipinski definition) is 0. The Kier molecular flexibility index (Phi) is 4.91. The van der Waals surface area contributed by atoms with E-state index >= 15 is 0 Å². The number of nitrogens with zero attached hydrogens (tertiary/aromatic N) is 1. The van der Waals surface area contributed by atoms with E-state index in [9.17, 15) is 8.42 Å². The van der Waals surface area contributed by atoms with Gasteiger partial charge < -0.3 is 14.2 Å². The fourth-order valence-corrected chi connectivity index (χ4v) is 4.91. The molecule has 0 spiro atoms. The van der Waals surface area contributed by atoms with Crippen LogP contribution in [0, 0.1) is 11.8 Å². The van der Waals surface area contributed by atoms with Crippen LogP contribution in [0.1, 0.15) is 6.42 Å². The Bertz CT molecular complexity index is 630. The summed E-state index contributed by atoms with van der Waals surface area (Å²) in [7, 11) is -0.242. The molecule has 0 aliphatic carbocycles. The Labute approximate surface area is 137 Å². The van der Waals surface area contributed by atoms with E-state index in [1.807, 2.05) is 0 Å². The first-order valence-electron chi connectivity index (χ1n) is 7.81. The lowest BCUT2D eigenvalue weighted by Gasteiger charge is -2.19. The zero-order chi connectivity index (χ0) is 16.4. The number of methoxy groups -OCH3 is 2. The molecule has 0 saturated carbocycles. The molecule has 0 amide bonds. The van der Waals surface area contributed by atoms with Gasteiger partial charge in [0.15, 0.2) is 0 Å². The van der Waals surface area contributed by atoms with Crippen LogP contribution in [0.15, 0.2) is 29.2 Å². The van der Waals surface area contributed by atoms with Crippen LogP contribution in [-0.2, 0) is 19.5 Å². The molecule has 2 aliphatic rings. The van der Waals surface area contributed by atoms with E-state index in [2.05, 4.69) is 0 Å². The Morgan fingerprint density at radius 2 is 1.96 bits per heavy atom. The van der Waals surface area contributed by atoms with Crippen LogP contribution >= 0.6 is 0 Å². The van der Waals surface area contributed by atoms with Crippen LogP contribution in [0.4, 0.5) is 0 Å². The molecular weight excluding hydrogens is 318 g/mol. The largest absolute Gasteiger partial charge is 0.497 e. The SMILES string of the molecule is COCC[C@H]1CO[C@H]2CN(S(=O)(=O)c3ccc(OC)cc3)C[C@@H]12. The molecule has 23 heavy (non-hydrogen) atoms. The standard InChI is InChI=1S/C16H23NO5S/c1-20-8-7-12-11-22-16-10-17(9-15(12)16)23(18,19)14-5-3-13(21-2)4-6-14/h3-6,12,15-16H,7-11H2,1-2H3/t12-,15-,16-/m0/s1. The predicted octanol–water partition coefficient (Wildman–Crippen LogP) is 1.37. The molecule has 2 heterocycles. The molecule has 3 atom stereocenters. The fraction of sp³-hybridized carbons (Fsp3) is 0.625. The van der Waals surface area contributed by atoms with Crippen LogP contribution in [0.5, 0.6) is 5.75 Å². The van der Waals surface area contributed by atoms with Crippen molar-refractivity contribution in [3.8, 4) is 5.75 Å². The predicted molar refractivity (Wildman–Crippen MR) is 85.0 cm³/mol. The second-order valence-corrected chi connectivity index (χ2v) is 8.01. The van der Waals surface area contributed by atoms with Gasteiger partial charge in [-0.2, -0.15) is 4.31 Å². The van der Waals surface area contributed by atoms with Crippen molar-refractivity contribution in [2.24, 2.45) is 11.8 Å². The van der Waals surface area contributed by atoms with Crippen LogP contribution in [0.3, 0.4) is 0 Å². The number of fused-ring (bicyclic) bond motifs is 1. The summed E-state index contributed by atoms with van der Waals surface area (Å²) in [6.45, 7) is 2.34. The number of benzene rings is 1. The summed E-state index contributed by atoms with van der Waals surface area (Å²) in [5, 5.41) is 0. The number of rotatable bonds is 6. The van der Waals surface area contributed by atoms with Gasteiger partial charge in [-0.05, 0) is 36.6 Å². The quantitative estimate of drug-likeness (QED) is 0.782. The molecule has 3 rings (SSSR count). The molecule has 128 valence electrons. The average molecular weight is 341 g/mol. The summed E-state index contributed by atoms with van der Waals surface area (Å²) in [6.07, 6.45) is 0.915. The van der Waals surface area contributed by atoms with Gasteiger partial charge >= 0.3 is 0 Å². The van der Waals surface area contributed by atoms with Gasteiger partial charge in [0.25, 0.3) is 0 Å². The Morgan fingerprint density at radius 3 is 2.61 bits per heavy atom. The maximum Gasteiger partial charge on any atom is 0.243 e. The van der Waals surface area contributed by atoms with Crippen molar-refractivity contribution in [3.63, 3.8) is 0 Å². The van der Waals surface area contributed by atoms with Gasteiger partial charge in [0, 0.05) is 32.7 Å². The van der Waals surface area contributed by atoms with Crippen molar-refractivity contribution >= 4 is 10.0 Å². The average Bonchev–Trinajstić information content (AvgIpc) is 3.14. The number of ether oxygens (including phenoxy) is 3. The van der Waals surface area contributed by atoms with Gasteiger partial charge in [0.05, 0.1) is 24.7 Å². The maximum atomic E-state index is 12.8. The van der Waals surface area contributed by atoms with Crippen molar-refractivity contribution in [1.82, 2.24) is 4.31 Å². The molecule has 0 N–H and O–H groups in total. The van der Waals surface area contributed by atoms with E-state index < -0.39 is 10.0 Å². The smallest absolute Gasteiger partial charge is 0.243 e. The van der Waals surface area contributed by atoms with Crippen molar-refractivity contribution in [2.75, 3.05) is 40.5 Å². The van der Waals surface area contributed by atoms with Gasteiger partial charge in [0.2, 0.25) is 10.0 Å². The number of hydrogen-bond acceptors (Lipinski definition) is 5. The Hall–Kier alpha value is -1.15. The first-order valence-corrected chi connectivity index (χ1v) is 9.25. The normalized spacial score (nSPS) is 28.0. The summed E-state index contributed by atoms with van der Waals surface area (Å²) in [6, 6.07) is 6.51. The molecule has 6 nitrogen and oxygen atoms in total. The molecular formula is C16H23NO5S. The molecule has 0 unspecified atom stereocenters. The molecule has 0 bridgehead atoms. The summed E-state index contributed by atoms with van der Waals surface area (Å²) in [4.78, 5) is 0.298. The third-order valence-electron chi connectivity index (χ3n) is 4.80. The minimum Gasteiger partial charge on any atom is -0.497 e. The zero-order valence-corrected chi connectivity index (χ0v) is 14.3. The topological polar surface area (TPSA) is 65.1 Å². The van der Waals surface area contributed by atoms with Gasteiger partial charge in [0.1, 0.15) is 5.75 Å². The first-order chi connectivity index (χ1) is 11.1. The highest BCUT2D eigenvalue weighted by Gasteiger charge is 2.47. The van der Waals surface area contributed by atoms with Crippen molar-refractivity contribution in [2.45, 2.75) is 17.4 Å². The molecule has 0 aromatic heterocycles. The molecule has 2 saturated heterocycles. The minimum absolute atomic E-state index is 0.00452. The van der Waals surface area contributed by atoms with Crippen molar-refractivity contribution in [1.29, 1.82) is 0 Å². The van der Waals surface area contributed by atoms with Gasteiger partial charge in [-0.1, -0.05) is 0 Å². The Morgan fingerprint density at radius 1 is 1.22 bits per heavy atom. The zero-order valence-electron chi connectivity index (χ0n) is 13.5. The molecule has 1 aromatic carbocycles. The van der Waals surface area contributed by atoms with E-state index in [1.165, 1.54) is 0 Å². The second-order valence-electron chi connectivity index (χ2n) is 6.07. The van der Waals surface area contributed by atoms with Gasteiger partial charge in [-0.3, -0.25) is 0 Å². The third kappa shape index (κ3) is 3.24. The molecule has 2 fully saturated rings. The fourth-order valence-electron chi connectivity index (χ4n) is 3.42. The van der Waals surface area contributed by atoms with Crippen LogP contribution in [0.2, 0.25) is 0 Å². The summed E-state index contributed by atoms with van der Waals surface area (Å²) in [5.74, 6) is 1.28. The van der Waals surface area contributed by atoms with E-state index in [1.54, 1.807) is 42.8 Å². The summed E-state index contributed by atoms with van der Waals surface area (Å²) in [5.41, 5.74) is 0. The van der Waals surface area contributed by atoms with Crippen LogP contribution < -0.4 is 4.74 Å². The van der Waals surface area contributed by atoms with Crippen LogP contribution in [0.25, 0.3) is 0 Å². The molecule has 7 heteroatoms. The van der Waals surface area contributed by atoms with Gasteiger partial charge in [-0.25, -0.2) is 8.42 Å². The molecule has 2 aliphatic heterocycles. The lowest BCUT2D eigenvalue weighted by atomic mass is 9.91. The third-order valence-corrected chi connectivity index (χ3v) is 6.64. The highest BCUT2D eigenvalue weighted by atomic mass is 32.2. The van der Waals surface area contributed by atoms with Gasteiger partial charge in [-0.15, -0.1) is 0 Å². The van der Waals surface area contributed by atoms with E-state index in [4.69, 9.17) is 14.2 Å². The molecule has 1 aromatic rings. The first kappa shape index (κ1) is 16.7. The highest BCUT2D eigenvalue weighted by molar-refractivity contribution is 7.89. The molecule has 0 radical (unpaired) electrons. The van der Waals surface area contributed by atoms with E-state index in [0.717, 1.165) is 6.42 Å².